The van der Waals surface area contributed by atoms with Crippen LogP contribution >= 0.6 is 11.6 Å². The predicted molar refractivity (Wildman–Crippen MR) is 88.8 cm³/mol. The van der Waals surface area contributed by atoms with Gasteiger partial charge in [0.2, 0.25) is 0 Å². The Morgan fingerprint density at radius 2 is 1.76 bits per heavy atom. The number of aryl methyl sites for hydroxylation is 1. The van der Waals surface area contributed by atoms with E-state index in [9.17, 15) is 0 Å². The highest BCUT2D eigenvalue weighted by atomic mass is 35.5. The highest BCUT2D eigenvalue weighted by Gasteiger charge is 2.52. The van der Waals surface area contributed by atoms with Crippen molar-refractivity contribution in [2.45, 2.75) is 51.7 Å². The summed E-state index contributed by atoms with van der Waals surface area (Å²) in [6.45, 7) is 9.33. The third kappa shape index (κ3) is 2.47. The molecule has 0 bridgehead atoms. The maximum Gasteiger partial charge on any atom is 0.496 e. The molecular formula is C16H23BClNO2. The maximum atomic E-state index is 6.51. The largest absolute Gasteiger partial charge is 0.496 e. The molecule has 0 radical (unpaired) electrons. The fourth-order valence-electron chi connectivity index (χ4n) is 2.96. The summed E-state index contributed by atoms with van der Waals surface area (Å²) in [5.74, 6) is 0. The van der Waals surface area contributed by atoms with Gasteiger partial charge in [0.1, 0.15) is 0 Å². The molecule has 0 atom stereocenters. The third-order valence-corrected chi connectivity index (χ3v) is 5.38. The van der Waals surface area contributed by atoms with Gasteiger partial charge in [-0.1, -0.05) is 17.7 Å². The van der Waals surface area contributed by atoms with Crippen LogP contribution in [0.3, 0.4) is 0 Å². The van der Waals surface area contributed by atoms with Crippen molar-refractivity contribution in [3.05, 3.63) is 22.7 Å². The molecule has 5 heteroatoms. The number of fused-ring (bicyclic) bond motifs is 1. The first-order chi connectivity index (χ1) is 9.71. The molecule has 0 saturated carbocycles. The summed E-state index contributed by atoms with van der Waals surface area (Å²) in [4.78, 5) is 2.26. The van der Waals surface area contributed by atoms with Gasteiger partial charge in [0.05, 0.1) is 11.2 Å². The molecule has 21 heavy (non-hydrogen) atoms. The Morgan fingerprint density at radius 1 is 1.14 bits per heavy atom. The zero-order chi connectivity index (χ0) is 15.4. The van der Waals surface area contributed by atoms with Crippen LogP contribution in [0.4, 0.5) is 5.69 Å². The van der Waals surface area contributed by atoms with Gasteiger partial charge in [0.15, 0.2) is 0 Å². The smallest absolute Gasteiger partial charge is 0.399 e. The van der Waals surface area contributed by atoms with E-state index in [1.807, 2.05) is 0 Å². The quantitative estimate of drug-likeness (QED) is 0.745. The zero-order valence-corrected chi connectivity index (χ0v) is 14.3. The van der Waals surface area contributed by atoms with Gasteiger partial charge in [0, 0.05) is 29.8 Å². The van der Waals surface area contributed by atoms with Crippen molar-refractivity contribution in [3.8, 4) is 0 Å². The molecular weight excluding hydrogens is 284 g/mol. The van der Waals surface area contributed by atoms with Crippen LogP contribution in [0.1, 0.15) is 39.7 Å². The molecule has 0 unspecified atom stereocenters. The van der Waals surface area contributed by atoms with Crippen LogP contribution in [0.5, 0.6) is 0 Å². The van der Waals surface area contributed by atoms with Crippen molar-refractivity contribution < 1.29 is 9.31 Å². The lowest BCUT2D eigenvalue weighted by molar-refractivity contribution is 0.00578. The monoisotopic (exact) mass is 307 g/mol. The van der Waals surface area contributed by atoms with Crippen LogP contribution in [-0.4, -0.2) is 31.9 Å². The molecule has 0 amide bonds. The molecule has 114 valence electrons. The molecule has 0 aliphatic carbocycles. The minimum atomic E-state index is -0.389. The number of hydrogen-bond donors (Lipinski definition) is 0. The molecule has 1 saturated heterocycles. The van der Waals surface area contributed by atoms with Crippen LogP contribution in [-0.2, 0) is 15.7 Å². The van der Waals surface area contributed by atoms with E-state index in [4.69, 9.17) is 20.9 Å². The molecule has 2 aliphatic heterocycles. The number of benzene rings is 1. The molecule has 0 aromatic heterocycles. The van der Waals surface area contributed by atoms with E-state index in [-0.39, 0.29) is 18.3 Å². The fourth-order valence-corrected chi connectivity index (χ4v) is 3.21. The minimum Gasteiger partial charge on any atom is -0.399 e. The first-order valence-electron chi connectivity index (χ1n) is 7.60. The average Bonchev–Trinajstić information content (AvgIpc) is 2.59. The van der Waals surface area contributed by atoms with E-state index in [0.717, 1.165) is 23.5 Å². The van der Waals surface area contributed by atoms with E-state index in [0.29, 0.717) is 0 Å². The molecule has 1 aromatic carbocycles. The second-order valence-electron chi connectivity index (χ2n) is 7.12. The molecule has 3 rings (SSSR count). The Hall–Kier alpha value is -0.705. The molecule has 1 aromatic rings. The fraction of sp³-hybridized carbons (Fsp3) is 0.625. The summed E-state index contributed by atoms with van der Waals surface area (Å²) in [6.07, 6.45) is 2.26. The average molecular weight is 308 g/mol. The van der Waals surface area contributed by atoms with Gasteiger partial charge in [0.25, 0.3) is 0 Å². The summed E-state index contributed by atoms with van der Waals surface area (Å²) in [7, 11) is 1.73. The highest BCUT2D eigenvalue weighted by molar-refractivity contribution is 6.65. The number of anilines is 1. The lowest BCUT2D eigenvalue weighted by Gasteiger charge is -2.32. The van der Waals surface area contributed by atoms with Gasteiger partial charge in [-0.15, -0.1) is 0 Å². The first kappa shape index (κ1) is 15.2. The van der Waals surface area contributed by atoms with Crippen LogP contribution in [0.25, 0.3) is 0 Å². The lowest BCUT2D eigenvalue weighted by atomic mass is 9.77. The second-order valence-corrected chi connectivity index (χ2v) is 7.52. The molecule has 2 aliphatic rings. The van der Waals surface area contributed by atoms with Gasteiger partial charge >= 0.3 is 7.12 Å². The van der Waals surface area contributed by atoms with E-state index in [2.05, 4.69) is 51.8 Å². The lowest BCUT2D eigenvalue weighted by Crippen LogP contribution is -2.41. The number of nitrogens with zero attached hydrogens (tertiary/aromatic N) is 1. The molecule has 0 N–H and O–H groups in total. The van der Waals surface area contributed by atoms with Crippen molar-refractivity contribution >= 4 is 29.9 Å². The van der Waals surface area contributed by atoms with Crippen molar-refractivity contribution in [1.29, 1.82) is 0 Å². The van der Waals surface area contributed by atoms with Crippen molar-refractivity contribution in [3.63, 3.8) is 0 Å². The second kappa shape index (κ2) is 4.90. The van der Waals surface area contributed by atoms with E-state index in [1.54, 1.807) is 0 Å². The van der Waals surface area contributed by atoms with Gasteiger partial charge in [-0.3, -0.25) is 0 Å². The molecule has 3 nitrogen and oxygen atoms in total. The van der Waals surface area contributed by atoms with Crippen molar-refractivity contribution in [2.24, 2.45) is 0 Å². The summed E-state index contributed by atoms with van der Waals surface area (Å²) in [5.41, 5.74) is 2.83. The summed E-state index contributed by atoms with van der Waals surface area (Å²) >= 11 is 6.51. The Kier molecular flexibility index (Phi) is 3.55. The van der Waals surface area contributed by atoms with Gasteiger partial charge in [-0.05, 0) is 52.2 Å². The first-order valence-corrected chi connectivity index (χ1v) is 7.98. The summed E-state index contributed by atoms with van der Waals surface area (Å²) < 4.78 is 12.3. The Balaban J connectivity index is 1.98. The van der Waals surface area contributed by atoms with Crippen molar-refractivity contribution in [2.75, 3.05) is 18.5 Å². The number of hydrogen-bond acceptors (Lipinski definition) is 3. The van der Waals surface area contributed by atoms with Crippen molar-refractivity contribution in [1.82, 2.24) is 0 Å². The zero-order valence-electron chi connectivity index (χ0n) is 13.5. The maximum absolute atomic E-state index is 6.51. The minimum absolute atomic E-state index is 0.340. The van der Waals surface area contributed by atoms with Crippen LogP contribution in [0.2, 0.25) is 5.02 Å². The van der Waals surface area contributed by atoms with Crippen LogP contribution in [0, 0.1) is 0 Å². The third-order valence-electron chi connectivity index (χ3n) is 5.06. The number of rotatable bonds is 1. The summed E-state index contributed by atoms with van der Waals surface area (Å²) in [6, 6.07) is 4.21. The Morgan fingerprint density at radius 3 is 2.38 bits per heavy atom. The topological polar surface area (TPSA) is 21.7 Å². The van der Waals surface area contributed by atoms with E-state index >= 15 is 0 Å². The molecule has 2 heterocycles. The Bertz CT molecular complexity index is 558. The van der Waals surface area contributed by atoms with Crippen LogP contribution in [0.15, 0.2) is 12.1 Å². The van der Waals surface area contributed by atoms with E-state index in [1.165, 1.54) is 17.7 Å². The SMILES string of the molecule is CN1CCCc2cc(B3OC(C)(C)C(C)(C)O3)c(Cl)cc21. The highest BCUT2D eigenvalue weighted by Crippen LogP contribution is 2.38. The molecule has 1 fully saturated rings. The van der Waals surface area contributed by atoms with Gasteiger partial charge < -0.3 is 14.2 Å². The van der Waals surface area contributed by atoms with Crippen LogP contribution < -0.4 is 10.4 Å². The van der Waals surface area contributed by atoms with Gasteiger partial charge in [-0.25, -0.2) is 0 Å². The summed E-state index contributed by atoms with van der Waals surface area (Å²) in [5, 5.41) is 0.723. The standard InChI is InChI=1S/C16H23BClNO2/c1-15(2)16(3,4)21-17(20-15)12-9-11-7-6-8-19(5)14(11)10-13(12)18/h9-10H,6-8H2,1-5H3. The van der Waals surface area contributed by atoms with Gasteiger partial charge in [-0.2, -0.15) is 0 Å². The normalized spacial score (nSPS) is 23.3. The number of halogens is 1. The van der Waals surface area contributed by atoms with E-state index < -0.39 is 0 Å². The molecule has 0 spiro atoms. The predicted octanol–water partition coefficient (Wildman–Crippen LogP) is 3.02. The Labute approximate surface area is 132 Å².